The fourth-order valence-corrected chi connectivity index (χ4v) is 6.72. The number of hydrogen-bond donors (Lipinski definition) is 2. The van der Waals surface area contributed by atoms with Crippen LogP contribution in [0.15, 0.2) is 22.7 Å². The number of imide groups is 1. The van der Waals surface area contributed by atoms with Crippen LogP contribution >= 0.6 is 15.9 Å². The molecule has 2 saturated carbocycles. The molecule has 6 nitrogen and oxygen atoms in total. The van der Waals surface area contributed by atoms with Gasteiger partial charge in [-0.1, -0.05) is 42.1 Å². The van der Waals surface area contributed by atoms with Gasteiger partial charge in [0, 0.05) is 27.9 Å². The zero-order chi connectivity index (χ0) is 21.2. The topological polar surface area (TPSA) is 87.1 Å². The molecule has 2 N–H and O–H groups in total. The summed E-state index contributed by atoms with van der Waals surface area (Å²) in [6.45, 7) is 1.90. The lowest BCUT2D eigenvalue weighted by atomic mass is 9.65. The number of aliphatic hydroxyl groups is 1. The number of aromatic hydroxyl groups is 1. The van der Waals surface area contributed by atoms with E-state index in [0.717, 1.165) is 36.6 Å². The van der Waals surface area contributed by atoms with Crippen LogP contribution in [0.5, 0.6) is 5.75 Å². The van der Waals surface area contributed by atoms with E-state index in [1.54, 1.807) is 18.2 Å². The van der Waals surface area contributed by atoms with Gasteiger partial charge in [-0.25, -0.2) is 0 Å². The third-order valence-corrected chi connectivity index (χ3v) is 8.36. The van der Waals surface area contributed by atoms with E-state index < -0.39 is 23.7 Å². The highest BCUT2D eigenvalue weighted by Crippen LogP contribution is 2.59. The molecule has 2 saturated heterocycles. The minimum absolute atomic E-state index is 0.00000879. The van der Waals surface area contributed by atoms with Gasteiger partial charge in [0.15, 0.2) is 5.79 Å². The molecule has 0 radical (unpaired) electrons. The zero-order valence-electron chi connectivity index (χ0n) is 17.1. The van der Waals surface area contributed by atoms with Crippen molar-refractivity contribution in [3.63, 3.8) is 0 Å². The van der Waals surface area contributed by atoms with Gasteiger partial charge < -0.3 is 14.9 Å². The van der Waals surface area contributed by atoms with Crippen LogP contribution in [0.3, 0.4) is 0 Å². The summed E-state index contributed by atoms with van der Waals surface area (Å²) in [5, 5.41) is 21.9. The van der Waals surface area contributed by atoms with E-state index in [-0.39, 0.29) is 35.4 Å². The molecule has 0 aromatic heterocycles. The molecule has 6 atom stereocenters. The Kier molecular flexibility index (Phi) is 4.99. The van der Waals surface area contributed by atoms with Crippen LogP contribution in [0, 0.1) is 23.7 Å². The molecule has 0 bridgehead atoms. The number of carbonyl (C=O) groups is 2. The third-order valence-electron chi connectivity index (χ3n) is 7.86. The Bertz CT molecular complexity index is 884. The Balaban J connectivity index is 1.48. The smallest absolute Gasteiger partial charge is 0.233 e. The van der Waals surface area contributed by atoms with Crippen LogP contribution in [0.1, 0.15) is 63.5 Å². The van der Waals surface area contributed by atoms with Gasteiger partial charge in [0.2, 0.25) is 11.8 Å². The quantitative estimate of drug-likeness (QED) is 0.630. The highest BCUT2D eigenvalue weighted by Gasteiger charge is 2.66. The molecule has 5 rings (SSSR count). The number of likely N-dealkylation sites (tertiary alicyclic amines) is 1. The molecule has 2 amide bonds. The summed E-state index contributed by atoms with van der Waals surface area (Å²) in [5.74, 6) is -3.20. The van der Waals surface area contributed by atoms with Crippen molar-refractivity contribution in [1.29, 1.82) is 0 Å². The van der Waals surface area contributed by atoms with Gasteiger partial charge in [0.25, 0.3) is 0 Å². The summed E-state index contributed by atoms with van der Waals surface area (Å²) in [6.07, 6.45) is 5.35. The van der Waals surface area contributed by atoms with Gasteiger partial charge in [-0.2, -0.15) is 0 Å². The fourth-order valence-electron chi connectivity index (χ4n) is 6.34. The number of phenolic OH excluding ortho intramolecular Hbond substituents is 1. The minimum Gasteiger partial charge on any atom is -0.508 e. The molecule has 162 valence electrons. The van der Waals surface area contributed by atoms with Crippen molar-refractivity contribution < 1.29 is 24.5 Å². The molecule has 4 aliphatic rings. The van der Waals surface area contributed by atoms with Crippen LogP contribution in [-0.4, -0.2) is 38.8 Å². The number of hydrogen-bond acceptors (Lipinski definition) is 5. The predicted molar refractivity (Wildman–Crippen MR) is 112 cm³/mol. The summed E-state index contributed by atoms with van der Waals surface area (Å²) in [7, 11) is 0. The Labute approximate surface area is 184 Å². The summed E-state index contributed by atoms with van der Waals surface area (Å²) < 4.78 is 6.96. The van der Waals surface area contributed by atoms with E-state index in [2.05, 4.69) is 15.9 Å². The first-order chi connectivity index (χ1) is 14.3. The number of halogens is 1. The van der Waals surface area contributed by atoms with Gasteiger partial charge in [0.1, 0.15) is 5.75 Å². The first-order valence-corrected chi connectivity index (χ1v) is 11.9. The van der Waals surface area contributed by atoms with Gasteiger partial charge >= 0.3 is 0 Å². The largest absolute Gasteiger partial charge is 0.508 e. The molecular weight excluding hydrogens is 450 g/mol. The molecule has 0 spiro atoms. The molecule has 2 aliphatic carbocycles. The molecule has 1 aromatic rings. The Morgan fingerprint density at radius 2 is 1.87 bits per heavy atom. The van der Waals surface area contributed by atoms with Crippen LogP contribution in [0.25, 0.3) is 0 Å². The average molecular weight is 478 g/mol. The Hall–Kier alpha value is -1.44. The van der Waals surface area contributed by atoms with Gasteiger partial charge in [0.05, 0.1) is 17.9 Å². The second-order valence-electron chi connectivity index (χ2n) is 9.51. The maximum absolute atomic E-state index is 13.5. The summed E-state index contributed by atoms with van der Waals surface area (Å²) in [4.78, 5) is 28.3. The number of rotatable bonds is 2. The molecule has 2 heterocycles. The monoisotopic (exact) mass is 477 g/mol. The molecule has 1 aromatic carbocycles. The van der Waals surface area contributed by atoms with E-state index in [9.17, 15) is 19.8 Å². The van der Waals surface area contributed by atoms with Crippen molar-refractivity contribution in [3.05, 3.63) is 28.2 Å². The van der Waals surface area contributed by atoms with Crippen molar-refractivity contribution in [2.75, 3.05) is 0 Å². The van der Waals surface area contributed by atoms with E-state index >= 15 is 0 Å². The SMILES string of the molecule is C[C@H]1C[C@@H]2C(=O)N(C3CCCCC3)C(=O)[C@@H]2[C@@H]2C[C@@H](c3cc(Br)ccc3O)O[C@]12O. The summed E-state index contributed by atoms with van der Waals surface area (Å²) >= 11 is 3.43. The Morgan fingerprint density at radius 1 is 1.13 bits per heavy atom. The molecule has 0 unspecified atom stereocenters. The fraction of sp³-hybridized carbons (Fsp3) is 0.652. The first-order valence-electron chi connectivity index (χ1n) is 11.1. The second kappa shape index (κ2) is 7.31. The first kappa shape index (κ1) is 20.5. The maximum atomic E-state index is 13.5. The lowest BCUT2D eigenvalue weighted by Crippen LogP contribution is -2.52. The molecule has 4 fully saturated rings. The lowest BCUT2D eigenvalue weighted by Gasteiger charge is -2.43. The van der Waals surface area contributed by atoms with Crippen LogP contribution in [0.2, 0.25) is 0 Å². The molecular formula is C23H28BrNO5. The van der Waals surface area contributed by atoms with E-state index in [0.29, 0.717) is 18.4 Å². The van der Waals surface area contributed by atoms with Crippen molar-refractivity contribution in [1.82, 2.24) is 4.90 Å². The number of carbonyl (C=O) groups excluding carboxylic acids is 2. The highest BCUT2D eigenvalue weighted by atomic mass is 79.9. The van der Waals surface area contributed by atoms with Gasteiger partial charge in [-0.05, 0) is 43.9 Å². The van der Waals surface area contributed by atoms with Gasteiger partial charge in [-0.15, -0.1) is 0 Å². The van der Waals surface area contributed by atoms with Crippen LogP contribution < -0.4 is 0 Å². The Morgan fingerprint density at radius 3 is 2.60 bits per heavy atom. The minimum atomic E-state index is -1.47. The van der Waals surface area contributed by atoms with Gasteiger partial charge in [-0.3, -0.25) is 14.5 Å². The number of benzene rings is 1. The van der Waals surface area contributed by atoms with Crippen LogP contribution in [-0.2, 0) is 14.3 Å². The third kappa shape index (κ3) is 2.96. The molecule has 30 heavy (non-hydrogen) atoms. The number of fused-ring (bicyclic) bond motifs is 3. The van der Waals surface area contributed by atoms with Crippen molar-refractivity contribution in [2.24, 2.45) is 23.7 Å². The van der Waals surface area contributed by atoms with Crippen LogP contribution in [0.4, 0.5) is 0 Å². The van der Waals surface area contributed by atoms with E-state index in [4.69, 9.17) is 4.74 Å². The predicted octanol–water partition coefficient (Wildman–Crippen LogP) is 3.89. The standard InChI is InChI=1S/C23H28BrNO5/c1-12-9-16-20(22(28)25(21(16)27)14-5-3-2-4-6-14)17-11-19(30-23(12,17)29)15-10-13(24)7-8-18(15)26/h7-8,10,12,14,16-17,19-20,26,29H,2-6,9,11H2,1H3/t12-,16-,17-,19-,20-,23+/m0/s1. The number of phenols is 1. The lowest BCUT2D eigenvalue weighted by molar-refractivity contribution is -0.265. The average Bonchev–Trinajstić information content (AvgIpc) is 3.20. The van der Waals surface area contributed by atoms with E-state index in [1.165, 1.54) is 4.90 Å². The van der Waals surface area contributed by atoms with Crippen molar-refractivity contribution >= 4 is 27.7 Å². The number of ether oxygens (including phenoxy) is 1. The summed E-state index contributed by atoms with van der Waals surface area (Å²) in [5.41, 5.74) is 0.594. The number of amides is 2. The number of nitrogens with zero attached hydrogens (tertiary/aromatic N) is 1. The molecule has 7 heteroatoms. The normalized spacial score (nSPS) is 39.3. The second-order valence-corrected chi connectivity index (χ2v) is 10.4. The highest BCUT2D eigenvalue weighted by molar-refractivity contribution is 9.10. The zero-order valence-corrected chi connectivity index (χ0v) is 18.7. The molecule has 2 aliphatic heterocycles. The van der Waals surface area contributed by atoms with Crippen molar-refractivity contribution in [3.8, 4) is 5.75 Å². The van der Waals surface area contributed by atoms with Crippen molar-refractivity contribution in [2.45, 2.75) is 69.8 Å². The maximum Gasteiger partial charge on any atom is 0.233 e. The van der Waals surface area contributed by atoms with E-state index in [1.807, 2.05) is 6.92 Å². The summed E-state index contributed by atoms with van der Waals surface area (Å²) in [6, 6.07) is 5.13.